The van der Waals surface area contributed by atoms with Gasteiger partial charge in [0.15, 0.2) is 0 Å². The predicted molar refractivity (Wildman–Crippen MR) is 79.0 cm³/mol. The van der Waals surface area contributed by atoms with E-state index in [-0.39, 0.29) is 0 Å². The van der Waals surface area contributed by atoms with Gasteiger partial charge in [0.1, 0.15) is 0 Å². The van der Waals surface area contributed by atoms with Gasteiger partial charge in [0, 0.05) is 26.2 Å². The molecule has 0 aliphatic carbocycles. The summed E-state index contributed by atoms with van der Waals surface area (Å²) in [4.78, 5) is 2.51. The highest BCUT2D eigenvalue weighted by atomic mass is 16.5. The van der Waals surface area contributed by atoms with Gasteiger partial charge in [0.25, 0.3) is 0 Å². The fourth-order valence-electron chi connectivity index (χ4n) is 2.83. The highest BCUT2D eigenvalue weighted by Gasteiger charge is 2.20. The molecule has 1 aromatic rings. The third kappa shape index (κ3) is 4.03. The Bertz CT molecular complexity index is 404. The predicted octanol–water partition coefficient (Wildman–Crippen LogP) is 2.45. The van der Waals surface area contributed by atoms with Crippen molar-refractivity contribution in [3.05, 3.63) is 34.9 Å². The van der Waals surface area contributed by atoms with Gasteiger partial charge in [-0.15, -0.1) is 0 Å². The third-order valence-electron chi connectivity index (χ3n) is 3.90. The van der Waals surface area contributed by atoms with Crippen LogP contribution in [0.15, 0.2) is 18.2 Å². The van der Waals surface area contributed by atoms with Gasteiger partial charge in [-0.3, -0.25) is 4.90 Å². The van der Waals surface area contributed by atoms with Crippen molar-refractivity contribution in [1.29, 1.82) is 0 Å². The molecule has 3 heteroatoms. The molecule has 3 nitrogen and oxygen atoms in total. The summed E-state index contributed by atoms with van der Waals surface area (Å²) in [6.07, 6.45) is 2.86. The van der Waals surface area contributed by atoms with Gasteiger partial charge in [-0.1, -0.05) is 18.2 Å². The number of benzene rings is 1. The molecule has 2 N–H and O–H groups in total. The summed E-state index contributed by atoms with van der Waals surface area (Å²) in [5.41, 5.74) is 9.65. The molecule has 1 atom stereocenters. The molecule has 0 spiro atoms. The van der Waals surface area contributed by atoms with E-state index in [1.54, 1.807) is 0 Å². The minimum atomic E-state index is 0.419. The molecule has 1 aliphatic rings. The number of likely N-dealkylation sites (tertiary alicyclic amines) is 1. The van der Waals surface area contributed by atoms with Crippen molar-refractivity contribution in [2.75, 3.05) is 19.7 Å². The minimum Gasteiger partial charge on any atom is -0.377 e. The molecule has 1 saturated heterocycles. The number of hydrogen-bond acceptors (Lipinski definition) is 3. The van der Waals surface area contributed by atoms with E-state index in [9.17, 15) is 0 Å². The molecule has 106 valence electrons. The second-order valence-electron chi connectivity index (χ2n) is 5.42. The summed E-state index contributed by atoms with van der Waals surface area (Å²) in [5, 5.41) is 0. The van der Waals surface area contributed by atoms with Crippen LogP contribution in [0.2, 0.25) is 0 Å². The molecule has 1 unspecified atom stereocenters. The van der Waals surface area contributed by atoms with Crippen LogP contribution in [0, 0.1) is 6.92 Å². The second-order valence-corrected chi connectivity index (χ2v) is 5.42. The van der Waals surface area contributed by atoms with Crippen molar-refractivity contribution in [3.63, 3.8) is 0 Å². The van der Waals surface area contributed by atoms with Crippen molar-refractivity contribution >= 4 is 0 Å². The van der Waals surface area contributed by atoms with Gasteiger partial charge in [-0.05, 0) is 49.9 Å². The van der Waals surface area contributed by atoms with Crippen LogP contribution in [0.4, 0.5) is 0 Å². The zero-order chi connectivity index (χ0) is 13.7. The van der Waals surface area contributed by atoms with E-state index in [1.807, 2.05) is 0 Å². The molecule has 0 radical (unpaired) electrons. The Kier molecular flexibility index (Phi) is 5.37. The zero-order valence-electron chi connectivity index (χ0n) is 12.2. The summed E-state index contributed by atoms with van der Waals surface area (Å²) >= 11 is 0. The van der Waals surface area contributed by atoms with E-state index in [1.165, 1.54) is 36.1 Å². The van der Waals surface area contributed by atoms with Crippen LogP contribution in [0.25, 0.3) is 0 Å². The van der Waals surface area contributed by atoms with Crippen LogP contribution in [0.1, 0.15) is 36.5 Å². The highest BCUT2D eigenvalue weighted by Crippen LogP contribution is 2.18. The summed E-state index contributed by atoms with van der Waals surface area (Å²) in [6, 6.07) is 6.58. The average Bonchev–Trinajstić information content (AvgIpc) is 2.42. The largest absolute Gasteiger partial charge is 0.377 e. The van der Waals surface area contributed by atoms with Gasteiger partial charge < -0.3 is 10.5 Å². The molecule has 1 heterocycles. The van der Waals surface area contributed by atoms with E-state index in [0.717, 1.165) is 19.7 Å². The Morgan fingerprint density at radius 2 is 2.26 bits per heavy atom. The molecule has 1 aliphatic heterocycles. The Balaban J connectivity index is 1.96. The smallest absolute Gasteiger partial charge is 0.0702 e. The lowest BCUT2D eigenvalue weighted by Crippen LogP contribution is -2.39. The Morgan fingerprint density at radius 1 is 1.42 bits per heavy atom. The van der Waals surface area contributed by atoms with Gasteiger partial charge in [-0.25, -0.2) is 0 Å². The topological polar surface area (TPSA) is 38.5 Å². The van der Waals surface area contributed by atoms with Crippen LogP contribution in [-0.2, 0) is 17.8 Å². The zero-order valence-corrected chi connectivity index (χ0v) is 12.2. The maximum absolute atomic E-state index is 5.76. The first-order valence-electron chi connectivity index (χ1n) is 7.35. The first kappa shape index (κ1) is 14.5. The van der Waals surface area contributed by atoms with Gasteiger partial charge >= 0.3 is 0 Å². The van der Waals surface area contributed by atoms with Crippen molar-refractivity contribution in [2.45, 2.75) is 45.9 Å². The molecular formula is C16H26N2O. The van der Waals surface area contributed by atoms with Gasteiger partial charge in [0.2, 0.25) is 0 Å². The standard InChI is InChI=1S/C16H26N2O/c1-3-19-16-5-4-8-18(12-16)11-15-7-6-14(10-17)9-13(15)2/h6-7,9,16H,3-5,8,10-12,17H2,1-2H3. The lowest BCUT2D eigenvalue weighted by Gasteiger charge is -2.32. The van der Waals surface area contributed by atoms with Crippen molar-refractivity contribution in [1.82, 2.24) is 4.90 Å². The Labute approximate surface area is 116 Å². The number of rotatable bonds is 5. The van der Waals surface area contributed by atoms with Crippen molar-refractivity contribution in [2.24, 2.45) is 5.73 Å². The fourth-order valence-corrected chi connectivity index (χ4v) is 2.83. The first-order chi connectivity index (χ1) is 9.22. The van der Waals surface area contributed by atoms with Crippen LogP contribution in [0.3, 0.4) is 0 Å². The van der Waals surface area contributed by atoms with Crippen LogP contribution >= 0.6 is 0 Å². The lowest BCUT2D eigenvalue weighted by molar-refractivity contribution is 0.00358. The third-order valence-corrected chi connectivity index (χ3v) is 3.90. The number of ether oxygens (including phenoxy) is 1. The molecule has 0 aromatic heterocycles. The second kappa shape index (κ2) is 7.04. The fraction of sp³-hybridized carbons (Fsp3) is 0.625. The van der Waals surface area contributed by atoms with Crippen LogP contribution < -0.4 is 5.73 Å². The number of piperidine rings is 1. The number of nitrogens with two attached hydrogens (primary N) is 1. The molecule has 1 aromatic carbocycles. The van der Waals surface area contributed by atoms with Gasteiger partial charge in [-0.2, -0.15) is 0 Å². The quantitative estimate of drug-likeness (QED) is 0.886. The maximum Gasteiger partial charge on any atom is 0.0702 e. The molecule has 0 saturated carbocycles. The monoisotopic (exact) mass is 262 g/mol. The van der Waals surface area contributed by atoms with E-state index < -0.39 is 0 Å². The summed E-state index contributed by atoms with van der Waals surface area (Å²) in [6.45, 7) is 8.97. The summed E-state index contributed by atoms with van der Waals surface area (Å²) in [7, 11) is 0. The number of aryl methyl sites for hydroxylation is 1. The van der Waals surface area contributed by atoms with E-state index in [0.29, 0.717) is 12.6 Å². The molecule has 0 amide bonds. The lowest BCUT2D eigenvalue weighted by atomic mass is 10.0. The molecule has 2 rings (SSSR count). The molecule has 19 heavy (non-hydrogen) atoms. The minimum absolute atomic E-state index is 0.419. The summed E-state index contributed by atoms with van der Waals surface area (Å²) in [5.74, 6) is 0. The first-order valence-corrected chi connectivity index (χ1v) is 7.35. The average molecular weight is 262 g/mol. The highest BCUT2D eigenvalue weighted by molar-refractivity contribution is 5.31. The molecule has 1 fully saturated rings. The van der Waals surface area contributed by atoms with E-state index in [2.05, 4.69) is 36.9 Å². The van der Waals surface area contributed by atoms with Gasteiger partial charge in [0.05, 0.1) is 6.10 Å². The number of nitrogens with zero attached hydrogens (tertiary/aromatic N) is 1. The maximum atomic E-state index is 5.76. The van der Waals surface area contributed by atoms with E-state index >= 15 is 0 Å². The molecule has 0 bridgehead atoms. The SMILES string of the molecule is CCOC1CCCN(Cc2ccc(CN)cc2C)C1. The number of hydrogen-bond donors (Lipinski definition) is 1. The Hall–Kier alpha value is -0.900. The Morgan fingerprint density at radius 3 is 2.95 bits per heavy atom. The van der Waals surface area contributed by atoms with Crippen LogP contribution in [-0.4, -0.2) is 30.7 Å². The normalized spacial score (nSPS) is 20.7. The molecular weight excluding hydrogens is 236 g/mol. The van der Waals surface area contributed by atoms with Crippen molar-refractivity contribution < 1.29 is 4.74 Å². The van der Waals surface area contributed by atoms with E-state index in [4.69, 9.17) is 10.5 Å². The van der Waals surface area contributed by atoms with Crippen molar-refractivity contribution in [3.8, 4) is 0 Å². The van der Waals surface area contributed by atoms with Crippen LogP contribution in [0.5, 0.6) is 0 Å². The summed E-state index contributed by atoms with van der Waals surface area (Å²) < 4.78 is 5.76.